The van der Waals surface area contributed by atoms with Crippen molar-refractivity contribution in [2.45, 2.75) is 66.2 Å². The Morgan fingerprint density at radius 1 is 0.317 bits per heavy atom. The highest BCUT2D eigenvalue weighted by atomic mass is 16.3. The standard InChI is InChI=1S/C76H58N4O2/c1-43-33-35-51-49-27-19-29-57(75(3,4)5)71(49)81-73(51)67(43)77(45-21-11-9-12-22-45)61-39-37-47-55-41-64-56(42-63(55)79-59-31-17-15-25-53(59)65(61)69(47)79)48-38-40-62(66-54-26-16-18-32-60(54)80(64)70(48)66)78(46-23-13-10-14-24-46)68-44(2)34-36-52-50-28-20-30-58(76(6,7)8)72(50)82-74(52)68/h9-42H,1-8H3. The molecule has 0 saturated heterocycles. The minimum Gasteiger partial charge on any atom is -0.454 e. The third-order valence-electron chi connectivity index (χ3n) is 18.0. The van der Waals surface area contributed by atoms with E-state index < -0.39 is 0 Å². The van der Waals surface area contributed by atoms with Gasteiger partial charge in [0.25, 0.3) is 0 Å². The highest BCUT2D eigenvalue weighted by molar-refractivity contribution is 6.33. The monoisotopic (exact) mass is 1060 g/mol. The van der Waals surface area contributed by atoms with E-state index >= 15 is 0 Å². The fraction of sp³-hybridized carbons (Fsp3) is 0.132. The molecule has 0 spiro atoms. The fourth-order valence-corrected chi connectivity index (χ4v) is 14.4. The molecule has 0 saturated carbocycles. The first kappa shape index (κ1) is 47.1. The van der Waals surface area contributed by atoms with Crippen LogP contribution < -0.4 is 9.80 Å². The maximum absolute atomic E-state index is 7.22. The number of para-hydroxylation sites is 6. The smallest absolute Gasteiger partial charge is 0.159 e. The van der Waals surface area contributed by atoms with Gasteiger partial charge < -0.3 is 27.4 Å². The Morgan fingerprint density at radius 3 is 1.10 bits per heavy atom. The van der Waals surface area contributed by atoms with Gasteiger partial charge in [-0.1, -0.05) is 187 Å². The molecule has 11 aromatic carbocycles. The van der Waals surface area contributed by atoms with Crippen molar-refractivity contribution in [3.8, 4) is 0 Å². The summed E-state index contributed by atoms with van der Waals surface area (Å²) >= 11 is 0. The number of furan rings is 2. The summed E-state index contributed by atoms with van der Waals surface area (Å²) in [7, 11) is 0. The normalized spacial score (nSPS) is 12.9. The molecular weight excluding hydrogens is 1000 g/mol. The van der Waals surface area contributed by atoms with E-state index in [1.807, 2.05) is 0 Å². The quantitative estimate of drug-likeness (QED) is 0.166. The van der Waals surface area contributed by atoms with Crippen LogP contribution in [0.2, 0.25) is 0 Å². The van der Waals surface area contributed by atoms with Crippen LogP contribution in [0.1, 0.15) is 63.8 Å². The van der Waals surface area contributed by atoms with E-state index in [1.165, 1.54) is 87.3 Å². The summed E-state index contributed by atoms with van der Waals surface area (Å²) in [4.78, 5) is 4.93. The van der Waals surface area contributed by atoms with Crippen molar-refractivity contribution in [3.63, 3.8) is 0 Å². The number of anilines is 6. The van der Waals surface area contributed by atoms with Crippen LogP contribution in [-0.4, -0.2) is 8.80 Å². The zero-order valence-electron chi connectivity index (χ0n) is 47.2. The molecule has 0 fully saturated rings. The molecule has 17 rings (SSSR count). The van der Waals surface area contributed by atoms with Crippen LogP contribution in [0.25, 0.3) is 120 Å². The SMILES string of the molecule is Cc1ccc2c(oc3c(C(C)(C)C)cccc32)c1N(c1ccccc1)c1ccc2c3cc4c(cc3n3c5ccccc5c1c23)c1ccc(N(c2ccccc2)c2c(C)ccc3c2oc2c(C(C)(C)C)cccc23)c2c3ccccc3n4c12. The zero-order valence-corrected chi connectivity index (χ0v) is 47.2. The van der Waals surface area contributed by atoms with Crippen LogP contribution in [0, 0.1) is 13.8 Å². The molecular formula is C76H58N4O2. The van der Waals surface area contributed by atoms with E-state index in [0.717, 1.165) is 89.1 Å². The highest BCUT2D eigenvalue weighted by Gasteiger charge is 2.32. The van der Waals surface area contributed by atoms with E-state index in [0.29, 0.717) is 0 Å². The number of aromatic nitrogens is 2. The van der Waals surface area contributed by atoms with Gasteiger partial charge in [0, 0.05) is 87.1 Å². The first-order chi connectivity index (χ1) is 39.8. The second-order valence-electron chi connectivity index (χ2n) is 24.9. The number of benzene rings is 11. The maximum Gasteiger partial charge on any atom is 0.159 e. The summed E-state index contributed by atoms with van der Waals surface area (Å²) < 4.78 is 19.5. The van der Waals surface area contributed by atoms with Gasteiger partial charge in [-0.25, -0.2) is 0 Å². The minimum absolute atomic E-state index is 0.103. The molecule has 0 N–H and O–H groups in total. The van der Waals surface area contributed by atoms with Crippen LogP contribution in [0.15, 0.2) is 215 Å². The van der Waals surface area contributed by atoms with E-state index in [2.05, 4.69) is 280 Å². The van der Waals surface area contributed by atoms with Crippen LogP contribution in [0.3, 0.4) is 0 Å². The molecule has 6 nitrogen and oxygen atoms in total. The van der Waals surface area contributed by atoms with E-state index in [4.69, 9.17) is 8.83 Å². The Labute approximate surface area is 473 Å². The van der Waals surface area contributed by atoms with Gasteiger partial charge in [-0.15, -0.1) is 0 Å². The van der Waals surface area contributed by atoms with Crippen molar-refractivity contribution in [3.05, 3.63) is 229 Å². The van der Waals surface area contributed by atoms with Crippen LogP contribution in [0.5, 0.6) is 0 Å². The number of rotatable bonds is 6. The molecule has 6 aromatic heterocycles. The molecule has 6 heterocycles. The van der Waals surface area contributed by atoms with Gasteiger partial charge in [0.05, 0.1) is 55.8 Å². The molecule has 394 valence electrons. The van der Waals surface area contributed by atoms with Gasteiger partial charge in [-0.05, 0) is 96.5 Å². The van der Waals surface area contributed by atoms with Crippen LogP contribution >= 0.6 is 0 Å². The number of fused-ring (bicyclic) bond motifs is 18. The first-order valence-corrected chi connectivity index (χ1v) is 28.8. The molecule has 0 aliphatic carbocycles. The summed E-state index contributed by atoms with van der Waals surface area (Å²) in [6.07, 6.45) is 0. The predicted molar refractivity (Wildman–Crippen MR) is 347 cm³/mol. The summed E-state index contributed by atoms with van der Waals surface area (Å²) in [6.45, 7) is 18.1. The van der Waals surface area contributed by atoms with Crippen LogP contribution in [0.4, 0.5) is 34.1 Å². The van der Waals surface area contributed by atoms with Crippen molar-refractivity contribution < 1.29 is 8.83 Å². The molecule has 0 bridgehead atoms. The Hall–Kier alpha value is -9.78. The Morgan fingerprint density at radius 2 is 0.683 bits per heavy atom. The van der Waals surface area contributed by atoms with Crippen molar-refractivity contribution in [2.24, 2.45) is 0 Å². The third-order valence-corrected chi connectivity index (χ3v) is 18.0. The van der Waals surface area contributed by atoms with Gasteiger partial charge in [-0.2, -0.15) is 0 Å². The third kappa shape index (κ3) is 6.24. The van der Waals surface area contributed by atoms with Crippen molar-refractivity contribution in [1.82, 2.24) is 8.80 Å². The van der Waals surface area contributed by atoms with Crippen molar-refractivity contribution in [2.75, 3.05) is 9.80 Å². The Balaban J connectivity index is 0.937. The van der Waals surface area contributed by atoms with Crippen LogP contribution in [-0.2, 0) is 10.8 Å². The molecule has 17 aromatic rings. The molecule has 0 amide bonds. The second kappa shape index (κ2) is 16.4. The number of nitrogens with zero attached hydrogens (tertiary/aromatic N) is 4. The summed E-state index contributed by atoms with van der Waals surface area (Å²) in [5.41, 5.74) is 21.8. The van der Waals surface area contributed by atoms with Gasteiger partial charge in [-0.3, -0.25) is 0 Å². The average molecular weight is 1060 g/mol. The van der Waals surface area contributed by atoms with E-state index in [-0.39, 0.29) is 10.8 Å². The molecule has 6 heteroatoms. The largest absolute Gasteiger partial charge is 0.454 e. The number of hydrogen-bond acceptors (Lipinski definition) is 4. The number of aryl methyl sites for hydroxylation is 2. The molecule has 0 aliphatic heterocycles. The molecule has 0 aliphatic rings. The van der Waals surface area contributed by atoms with Crippen molar-refractivity contribution in [1.29, 1.82) is 0 Å². The minimum atomic E-state index is -0.103. The maximum atomic E-state index is 7.22. The molecule has 0 unspecified atom stereocenters. The summed E-state index contributed by atoms with van der Waals surface area (Å²) in [5.74, 6) is 0. The van der Waals surface area contributed by atoms with Gasteiger partial charge in [0.15, 0.2) is 11.2 Å². The fourth-order valence-electron chi connectivity index (χ4n) is 14.4. The topological polar surface area (TPSA) is 41.6 Å². The van der Waals surface area contributed by atoms with E-state index in [1.54, 1.807) is 0 Å². The summed E-state index contributed by atoms with van der Waals surface area (Å²) in [6, 6.07) is 76.3. The van der Waals surface area contributed by atoms with Crippen molar-refractivity contribution >= 4 is 154 Å². The zero-order chi connectivity index (χ0) is 55.2. The lowest BCUT2D eigenvalue weighted by atomic mass is 9.86. The van der Waals surface area contributed by atoms with Gasteiger partial charge >= 0.3 is 0 Å². The summed E-state index contributed by atoms with van der Waals surface area (Å²) in [5, 5.41) is 14.2. The molecule has 0 radical (unpaired) electrons. The van der Waals surface area contributed by atoms with E-state index in [9.17, 15) is 0 Å². The second-order valence-corrected chi connectivity index (χ2v) is 24.9. The lowest BCUT2D eigenvalue weighted by Gasteiger charge is -2.28. The van der Waals surface area contributed by atoms with Gasteiger partial charge in [0.1, 0.15) is 11.2 Å². The first-order valence-electron chi connectivity index (χ1n) is 28.8. The average Bonchev–Trinajstić information content (AvgIpc) is 4.30. The Kier molecular flexibility index (Phi) is 9.43. The van der Waals surface area contributed by atoms with Gasteiger partial charge in [0.2, 0.25) is 0 Å². The molecule has 0 atom stereocenters. The Bertz CT molecular complexity index is 5160. The highest BCUT2D eigenvalue weighted by Crippen LogP contribution is 2.54. The lowest BCUT2D eigenvalue weighted by molar-refractivity contribution is 0.572. The predicted octanol–water partition coefficient (Wildman–Crippen LogP) is 21.9. The number of hydrogen-bond donors (Lipinski definition) is 0. The lowest BCUT2D eigenvalue weighted by Crippen LogP contribution is -2.12. The molecule has 82 heavy (non-hydrogen) atoms.